The molecule has 0 radical (unpaired) electrons. The number of esters is 1. The van der Waals surface area contributed by atoms with E-state index in [4.69, 9.17) is 14.2 Å². The first-order valence-corrected chi connectivity index (χ1v) is 13.7. The summed E-state index contributed by atoms with van der Waals surface area (Å²) in [6.45, 7) is 16.8. The molecule has 0 aromatic carbocycles. The summed E-state index contributed by atoms with van der Waals surface area (Å²) in [6.07, 6.45) is 8.21. The van der Waals surface area contributed by atoms with Crippen LogP contribution in [0.5, 0.6) is 0 Å². The standard InChI is InChI=1S/C28H53NO6/c1-9-12-16-23(11-3)21-35-27(5,6)24(30)17-14-13-15-19-34-28(7,8)26(32)29-18-20-33-25(31)22(4)10-2/h22-23H,9-21H2,1-8H3,(H,29,32). The lowest BCUT2D eigenvalue weighted by Crippen LogP contribution is -2.45. The highest BCUT2D eigenvalue weighted by atomic mass is 16.5. The maximum absolute atomic E-state index is 12.6. The Balaban J connectivity index is 4.11. The number of ether oxygens (including phenoxy) is 3. The SMILES string of the molecule is CCCCC(CC)COC(C)(C)C(=O)CCCCCOC(C)(C)C(=O)NCCOC(=O)C(C)CC. The molecule has 206 valence electrons. The minimum Gasteiger partial charge on any atom is -0.464 e. The van der Waals surface area contributed by atoms with Gasteiger partial charge in [-0.05, 0) is 59.3 Å². The van der Waals surface area contributed by atoms with Crippen molar-refractivity contribution in [2.75, 3.05) is 26.4 Å². The smallest absolute Gasteiger partial charge is 0.308 e. The van der Waals surface area contributed by atoms with Crippen LogP contribution in [0.1, 0.15) is 113 Å². The predicted octanol–water partition coefficient (Wildman–Crippen LogP) is 5.63. The lowest BCUT2D eigenvalue weighted by molar-refractivity contribution is -0.149. The van der Waals surface area contributed by atoms with Crippen LogP contribution in [0.2, 0.25) is 0 Å². The van der Waals surface area contributed by atoms with Crippen molar-refractivity contribution in [3.63, 3.8) is 0 Å². The van der Waals surface area contributed by atoms with Crippen molar-refractivity contribution in [1.29, 1.82) is 0 Å². The van der Waals surface area contributed by atoms with Gasteiger partial charge >= 0.3 is 5.97 Å². The highest BCUT2D eigenvalue weighted by Crippen LogP contribution is 2.20. The van der Waals surface area contributed by atoms with Gasteiger partial charge in [-0.2, -0.15) is 0 Å². The molecule has 0 aromatic heterocycles. The Morgan fingerprint density at radius 2 is 1.51 bits per heavy atom. The van der Waals surface area contributed by atoms with Crippen LogP contribution in [0.15, 0.2) is 0 Å². The summed E-state index contributed by atoms with van der Waals surface area (Å²) in [6, 6.07) is 0. The van der Waals surface area contributed by atoms with Crippen LogP contribution in [0.25, 0.3) is 0 Å². The third-order valence-electron chi connectivity index (χ3n) is 6.60. The number of rotatable bonds is 21. The van der Waals surface area contributed by atoms with E-state index < -0.39 is 11.2 Å². The van der Waals surface area contributed by atoms with Crippen LogP contribution < -0.4 is 5.32 Å². The quantitative estimate of drug-likeness (QED) is 0.163. The van der Waals surface area contributed by atoms with E-state index in [1.807, 2.05) is 27.7 Å². The van der Waals surface area contributed by atoms with Gasteiger partial charge in [-0.3, -0.25) is 14.4 Å². The second-order valence-corrected chi connectivity index (χ2v) is 10.6. The lowest BCUT2D eigenvalue weighted by atomic mass is 9.96. The van der Waals surface area contributed by atoms with E-state index in [9.17, 15) is 14.4 Å². The number of hydrogen-bond acceptors (Lipinski definition) is 6. The summed E-state index contributed by atoms with van der Waals surface area (Å²) in [7, 11) is 0. The predicted molar refractivity (Wildman–Crippen MR) is 140 cm³/mol. The number of Topliss-reactive ketones (excluding diaryl/α,β-unsaturated/α-hetero) is 1. The topological polar surface area (TPSA) is 90.9 Å². The largest absolute Gasteiger partial charge is 0.464 e. The molecule has 2 atom stereocenters. The van der Waals surface area contributed by atoms with Gasteiger partial charge in [0.1, 0.15) is 17.8 Å². The molecule has 1 amide bonds. The number of nitrogens with one attached hydrogen (secondary N) is 1. The Morgan fingerprint density at radius 1 is 0.829 bits per heavy atom. The van der Waals surface area contributed by atoms with Crippen molar-refractivity contribution in [2.45, 2.75) is 124 Å². The van der Waals surface area contributed by atoms with Crippen molar-refractivity contribution in [3.05, 3.63) is 0 Å². The Labute approximate surface area is 214 Å². The second kappa shape index (κ2) is 17.9. The van der Waals surface area contributed by atoms with E-state index in [2.05, 4.69) is 19.2 Å². The number of carbonyl (C=O) groups excluding carboxylic acids is 3. The normalized spacial score (nSPS) is 13.8. The molecule has 2 unspecified atom stereocenters. The second-order valence-electron chi connectivity index (χ2n) is 10.6. The van der Waals surface area contributed by atoms with Crippen molar-refractivity contribution in [1.82, 2.24) is 5.32 Å². The molecule has 0 aliphatic carbocycles. The molecule has 1 N–H and O–H groups in total. The number of amides is 1. The monoisotopic (exact) mass is 499 g/mol. The van der Waals surface area contributed by atoms with Gasteiger partial charge in [0.05, 0.1) is 19.1 Å². The maximum Gasteiger partial charge on any atom is 0.308 e. The molecule has 0 rings (SSSR count). The number of carbonyl (C=O) groups is 3. The third-order valence-corrected chi connectivity index (χ3v) is 6.60. The molecule has 0 saturated carbocycles. The molecule has 0 aromatic rings. The van der Waals surface area contributed by atoms with Gasteiger partial charge in [-0.25, -0.2) is 0 Å². The molecule has 0 fully saturated rings. The Bertz CT molecular complexity index is 617. The van der Waals surface area contributed by atoms with Crippen LogP contribution in [0.3, 0.4) is 0 Å². The van der Waals surface area contributed by atoms with Gasteiger partial charge in [-0.15, -0.1) is 0 Å². The maximum atomic E-state index is 12.6. The fourth-order valence-corrected chi connectivity index (χ4v) is 3.40. The average Bonchev–Trinajstić information content (AvgIpc) is 2.82. The molecule has 35 heavy (non-hydrogen) atoms. The minimum absolute atomic E-state index is 0.136. The highest BCUT2D eigenvalue weighted by molar-refractivity contribution is 5.86. The van der Waals surface area contributed by atoms with Crippen molar-refractivity contribution in [3.8, 4) is 0 Å². The highest BCUT2D eigenvalue weighted by Gasteiger charge is 2.29. The summed E-state index contributed by atoms with van der Waals surface area (Å²) >= 11 is 0. The van der Waals surface area contributed by atoms with Gasteiger partial charge in [0.2, 0.25) is 0 Å². The summed E-state index contributed by atoms with van der Waals surface area (Å²) in [4.78, 5) is 36.7. The average molecular weight is 500 g/mol. The Hall–Kier alpha value is -1.47. The molecule has 0 bridgehead atoms. The molecule has 7 heteroatoms. The minimum atomic E-state index is -0.972. The van der Waals surface area contributed by atoms with Gasteiger partial charge in [-0.1, -0.05) is 53.4 Å². The molecule has 7 nitrogen and oxygen atoms in total. The van der Waals surface area contributed by atoms with Gasteiger partial charge in [0, 0.05) is 13.0 Å². The number of unbranched alkanes of at least 4 members (excludes halogenated alkanes) is 3. The first-order valence-electron chi connectivity index (χ1n) is 13.7. The van der Waals surface area contributed by atoms with E-state index in [0.29, 0.717) is 25.6 Å². The van der Waals surface area contributed by atoms with Crippen LogP contribution in [-0.2, 0) is 28.6 Å². The molecule has 0 spiro atoms. The molecule has 0 aliphatic rings. The van der Waals surface area contributed by atoms with Crippen molar-refractivity contribution in [2.24, 2.45) is 11.8 Å². The zero-order valence-corrected chi connectivity index (χ0v) is 23.8. The molecular weight excluding hydrogens is 446 g/mol. The van der Waals surface area contributed by atoms with Crippen LogP contribution in [-0.4, -0.2) is 55.2 Å². The molecule has 0 heterocycles. The van der Waals surface area contributed by atoms with E-state index >= 15 is 0 Å². The van der Waals surface area contributed by atoms with E-state index in [-0.39, 0.29) is 36.7 Å². The summed E-state index contributed by atoms with van der Waals surface area (Å²) in [5.41, 5.74) is -1.72. The number of hydrogen-bond donors (Lipinski definition) is 1. The van der Waals surface area contributed by atoms with Crippen molar-refractivity contribution < 1.29 is 28.6 Å². The summed E-state index contributed by atoms with van der Waals surface area (Å²) in [5.74, 6) is 0.0265. The zero-order chi connectivity index (χ0) is 26.9. The Morgan fingerprint density at radius 3 is 2.11 bits per heavy atom. The number of ketones is 1. The molecule has 0 saturated heterocycles. The Kier molecular flexibility index (Phi) is 17.1. The first kappa shape index (κ1) is 33.5. The van der Waals surface area contributed by atoms with Gasteiger partial charge in [0.15, 0.2) is 5.78 Å². The van der Waals surface area contributed by atoms with Crippen LogP contribution in [0.4, 0.5) is 0 Å². The van der Waals surface area contributed by atoms with Crippen LogP contribution in [0, 0.1) is 11.8 Å². The van der Waals surface area contributed by atoms with Crippen LogP contribution >= 0.6 is 0 Å². The third kappa shape index (κ3) is 14.6. The lowest BCUT2D eigenvalue weighted by Gasteiger charge is -2.27. The van der Waals surface area contributed by atoms with Gasteiger partial charge < -0.3 is 19.5 Å². The first-order chi connectivity index (χ1) is 16.4. The molecule has 0 aliphatic heterocycles. The van der Waals surface area contributed by atoms with E-state index in [0.717, 1.165) is 38.5 Å². The van der Waals surface area contributed by atoms with Crippen molar-refractivity contribution >= 4 is 17.7 Å². The zero-order valence-electron chi connectivity index (χ0n) is 23.8. The molecular formula is C28H53NO6. The van der Waals surface area contributed by atoms with E-state index in [1.165, 1.54) is 12.8 Å². The summed E-state index contributed by atoms with van der Waals surface area (Å²) in [5, 5.41) is 2.75. The van der Waals surface area contributed by atoms with Gasteiger partial charge in [0.25, 0.3) is 5.91 Å². The fourth-order valence-electron chi connectivity index (χ4n) is 3.40. The summed E-state index contributed by atoms with van der Waals surface area (Å²) < 4.78 is 16.9. The van der Waals surface area contributed by atoms with E-state index in [1.54, 1.807) is 13.8 Å². The fraction of sp³-hybridized carbons (Fsp3) is 0.893.